The molecule has 0 saturated carbocycles. The SMILES string of the molecule is Fc1ccc(Nc2ncc3[se]c4c(c3n2)CCCC4)cc1Cl. The number of aryl methyl sites for hydroxylation is 2. The Morgan fingerprint density at radius 2 is 2.09 bits per heavy atom. The van der Waals surface area contributed by atoms with Crippen LogP contribution in [0, 0.1) is 5.82 Å². The number of anilines is 2. The zero-order valence-corrected chi connectivity index (χ0v) is 14.2. The first-order valence-electron chi connectivity index (χ1n) is 7.20. The molecule has 0 saturated heterocycles. The molecule has 1 aromatic carbocycles. The predicted molar refractivity (Wildman–Crippen MR) is 87.8 cm³/mol. The number of fused-ring (bicyclic) bond motifs is 3. The van der Waals surface area contributed by atoms with Gasteiger partial charge in [-0.3, -0.25) is 0 Å². The molecule has 3 aromatic rings. The second kappa shape index (κ2) is 5.65. The number of nitrogens with one attached hydrogen (secondary N) is 1. The molecule has 3 nitrogen and oxygen atoms in total. The van der Waals surface area contributed by atoms with Crippen LogP contribution in [-0.2, 0) is 12.8 Å². The fourth-order valence-electron chi connectivity index (χ4n) is 2.80. The topological polar surface area (TPSA) is 37.8 Å². The van der Waals surface area contributed by atoms with Gasteiger partial charge >= 0.3 is 138 Å². The van der Waals surface area contributed by atoms with Crippen molar-refractivity contribution in [1.29, 1.82) is 0 Å². The molecule has 0 amide bonds. The molecule has 0 aliphatic heterocycles. The molecular weight excluding hydrogens is 368 g/mol. The Morgan fingerprint density at radius 1 is 1.23 bits per heavy atom. The zero-order valence-electron chi connectivity index (χ0n) is 11.7. The van der Waals surface area contributed by atoms with Crippen LogP contribution in [0.15, 0.2) is 24.4 Å². The fourth-order valence-corrected chi connectivity index (χ4v) is 5.51. The summed E-state index contributed by atoms with van der Waals surface area (Å²) in [7, 11) is 0. The van der Waals surface area contributed by atoms with Gasteiger partial charge in [-0.15, -0.1) is 0 Å². The maximum atomic E-state index is 13.2. The molecule has 0 unspecified atom stereocenters. The molecule has 0 atom stereocenters. The van der Waals surface area contributed by atoms with Crippen molar-refractivity contribution in [1.82, 2.24) is 9.97 Å². The van der Waals surface area contributed by atoms with Crippen molar-refractivity contribution in [3.05, 3.63) is 45.2 Å². The van der Waals surface area contributed by atoms with Gasteiger partial charge in [0.1, 0.15) is 0 Å². The minimum atomic E-state index is -0.429. The first kappa shape index (κ1) is 14.2. The van der Waals surface area contributed by atoms with Gasteiger partial charge in [-0.25, -0.2) is 0 Å². The van der Waals surface area contributed by atoms with Crippen LogP contribution in [0.3, 0.4) is 0 Å². The van der Waals surface area contributed by atoms with Gasteiger partial charge in [0.25, 0.3) is 0 Å². The number of aromatic nitrogens is 2. The molecule has 4 rings (SSSR count). The van der Waals surface area contributed by atoms with Crippen molar-refractivity contribution in [3.63, 3.8) is 0 Å². The van der Waals surface area contributed by atoms with Gasteiger partial charge in [0, 0.05) is 0 Å². The van der Waals surface area contributed by atoms with E-state index in [2.05, 4.69) is 15.3 Å². The van der Waals surface area contributed by atoms with Gasteiger partial charge in [0.05, 0.1) is 0 Å². The average Bonchev–Trinajstić information content (AvgIpc) is 2.89. The van der Waals surface area contributed by atoms with Crippen molar-refractivity contribution in [2.24, 2.45) is 0 Å². The first-order valence-corrected chi connectivity index (χ1v) is 9.29. The molecule has 1 N–H and O–H groups in total. The summed E-state index contributed by atoms with van der Waals surface area (Å²) in [5.74, 6) is 0.110. The third kappa shape index (κ3) is 2.54. The molecule has 0 bridgehead atoms. The van der Waals surface area contributed by atoms with E-state index in [-0.39, 0.29) is 5.02 Å². The monoisotopic (exact) mass is 381 g/mol. The molecule has 1 aliphatic carbocycles. The van der Waals surface area contributed by atoms with Crippen LogP contribution < -0.4 is 5.32 Å². The Balaban J connectivity index is 1.71. The maximum absolute atomic E-state index is 13.2. The van der Waals surface area contributed by atoms with Gasteiger partial charge in [-0.2, -0.15) is 0 Å². The van der Waals surface area contributed by atoms with Crippen LogP contribution in [0.4, 0.5) is 16.0 Å². The predicted octanol–water partition coefficient (Wildman–Crippen LogP) is 4.10. The van der Waals surface area contributed by atoms with Crippen molar-refractivity contribution < 1.29 is 4.39 Å². The summed E-state index contributed by atoms with van der Waals surface area (Å²) < 4.78 is 16.1. The molecular formula is C16H13ClFN3Se. The summed E-state index contributed by atoms with van der Waals surface area (Å²) in [6.07, 6.45) is 6.80. The molecule has 0 fully saturated rings. The molecule has 2 heterocycles. The number of hydrogen-bond donors (Lipinski definition) is 1. The second-order valence-electron chi connectivity index (χ2n) is 5.37. The standard InChI is InChI=1S/C16H13ClFN3Se/c17-11-7-9(5-6-12(11)18)20-16-19-8-14-15(21-16)10-3-1-2-4-13(10)22-14/h5-8H,1-4H2,(H,19,20,21). The summed E-state index contributed by atoms with van der Waals surface area (Å²) in [4.78, 5) is 9.07. The first-order chi connectivity index (χ1) is 10.7. The normalized spacial score (nSPS) is 14.1. The number of hydrogen-bond acceptors (Lipinski definition) is 3. The van der Waals surface area contributed by atoms with Crippen molar-refractivity contribution in [2.75, 3.05) is 5.32 Å². The van der Waals surface area contributed by atoms with E-state index in [1.165, 1.54) is 35.2 Å². The Hall–Kier alpha value is -1.42. The number of benzene rings is 1. The fraction of sp³-hybridized carbons (Fsp3) is 0.250. The Labute approximate surface area is 138 Å². The molecule has 1 aliphatic rings. The van der Waals surface area contributed by atoms with Crippen LogP contribution in [0.5, 0.6) is 0 Å². The summed E-state index contributed by atoms with van der Waals surface area (Å²) in [5.41, 5.74) is 3.23. The van der Waals surface area contributed by atoms with E-state index < -0.39 is 5.82 Å². The van der Waals surface area contributed by atoms with Crippen LogP contribution >= 0.6 is 11.6 Å². The quantitative estimate of drug-likeness (QED) is 0.680. The average molecular weight is 381 g/mol. The molecule has 6 heteroatoms. The van der Waals surface area contributed by atoms with Gasteiger partial charge in [-0.05, 0) is 0 Å². The van der Waals surface area contributed by atoms with Crippen LogP contribution in [0.25, 0.3) is 9.78 Å². The molecule has 22 heavy (non-hydrogen) atoms. The summed E-state index contributed by atoms with van der Waals surface area (Å²) >= 11 is 6.20. The summed E-state index contributed by atoms with van der Waals surface area (Å²) in [5, 5.41) is 3.20. The summed E-state index contributed by atoms with van der Waals surface area (Å²) in [6, 6.07) is 4.51. The third-order valence-electron chi connectivity index (χ3n) is 3.87. The van der Waals surface area contributed by atoms with E-state index in [4.69, 9.17) is 11.6 Å². The Kier molecular flexibility index (Phi) is 3.65. The molecule has 2 aromatic heterocycles. The van der Waals surface area contributed by atoms with E-state index in [1.807, 2.05) is 6.20 Å². The van der Waals surface area contributed by atoms with E-state index in [0.29, 0.717) is 26.1 Å². The number of nitrogens with zero attached hydrogens (tertiary/aromatic N) is 2. The van der Waals surface area contributed by atoms with Crippen molar-refractivity contribution >= 4 is 47.5 Å². The molecule has 112 valence electrons. The molecule has 0 spiro atoms. The number of halogens is 2. The Morgan fingerprint density at radius 3 is 2.95 bits per heavy atom. The van der Waals surface area contributed by atoms with E-state index in [0.717, 1.165) is 11.9 Å². The second-order valence-corrected chi connectivity index (χ2v) is 8.16. The van der Waals surface area contributed by atoms with Crippen LogP contribution in [-0.4, -0.2) is 24.5 Å². The van der Waals surface area contributed by atoms with Gasteiger partial charge < -0.3 is 0 Å². The van der Waals surface area contributed by atoms with Gasteiger partial charge in [0.15, 0.2) is 0 Å². The van der Waals surface area contributed by atoms with Gasteiger partial charge in [-0.1, -0.05) is 0 Å². The van der Waals surface area contributed by atoms with Crippen molar-refractivity contribution in [3.8, 4) is 0 Å². The Bertz CT molecular complexity index is 862. The molecule has 0 radical (unpaired) electrons. The van der Waals surface area contributed by atoms with E-state index in [9.17, 15) is 4.39 Å². The van der Waals surface area contributed by atoms with Crippen LogP contribution in [0.2, 0.25) is 5.02 Å². The van der Waals surface area contributed by atoms with Crippen LogP contribution in [0.1, 0.15) is 22.8 Å². The van der Waals surface area contributed by atoms with E-state index in [1.54, 1.807) is 16.6 Å². The number of rotatable bonds is 2. The van der Waals surface area contributed by atoms with E-state index >= 15 is 0 Å². The summed E-state index contributed by atoms with van der Waals surface area (Å²) in [6.45, 7) is 0. The zero-order chi connectivity index (χ0) is 15.1. The third-order valence-corrected chi connectivity index (χ3v) is 6.71. The van der Waals surface area contributed by atoms with Gasteiger partial charge in [0.2, 0.25) is 0 Å². The van der Waals surface area contributed by atoms with Crippen molar-refractivity contribution in [2.45, 2.75) is 25.7 Å². The minimum absolute atomic E-state index is 0.0896.